The fourth-order valence-corrected chi connectivity index (χ4v) is 3.95. The summed E-state index contributed by atoms with van der Waals surface area (Å²) in [6, 6.07) is 4.92. The summed E-state index contributed by atoms with van der Waals surface area (Å²) in [5.74, 6) is 0.698. The van der Waals surface area contributed by atoms with Crippen LogP contribution in [0.5, 0.6) is 5.75 Å². The molecule has 0 spiro atoms. The maximum absolute atomic E-state index is 12.3. The first-order chi connectivity index (χ1) is 10.5. The van der Waals surface area contributed by atoms with E-state index in [1.54, 1.807) is 25.3 Å². The van der Waals surface area contributed by atoms with Gasteiger partial charge in [0.15, 0.2) is 0 Å². The third kappa shape index (κ3) is 4.69. The monoisotopic (exact) mass is 326 g/mol. The van der Waals surface area contributed by atoms with E-state index in [2.05, 4.69) is 9.62 Å². The number of piperidine rings is 1. The predicted molar refractivity (Wildman–Crippen MR) is 87.8 cm³/mol. The summed E-state index contributed by atoms with van der Waals surface area (Å²) in [7, 11) is -1.86. The molecule has 6 heteroatoms. The molecule has 1 aliphatic heterocycles. The standard InChI is InChI=1S/C16H26N2O3S/c1-14-13-15(7-8-16(14)21-2)22(19,20)17-9-6-12-18-10-4-3-5-11-18/h7-8,13,17H,3-6,9-12H2,1-2H3. The predicted octanol–water partition coefficient (Wildman–Crippen LogP) is 2.16. The highest BCUT2D eigenvalue weighted by Gasteiger charge is 2.15. The van der Waals surface area contributed by atoms with Crippen LogP contribution in [0.2, 0.25) is 0 Å². The van der Waals surface area contributed by atoms with Gasteiger partial charge in [0.25, 0.3) is 0 Å². The Morgan fingerprint density at radius 3 is 2.59 bits per heavy atom. The second kappa shape index (κ2) is 7.94. The molecular formula is C16H26N2O3S. The molecule has 124 valence electrons. The molecule has 22 heavy (non-hydrogen) atoms. The van der Waals surface area contributed by atoms with E-state index < -0.39 is 10.0 Å². The Balaban J connectivity index is 1.84. The fourth-order valence-electron chi connectivity index (χ4n) is 2.79. The Kier molecular flexibility index (Phi) is 6.23. The highest BCUT2D eigenvalue weighted by Crippen LogP contribution is 2.21. The third-order valence-electron chi connectivity index (χ3n) is 4.07. The first-order valence-electron chi connectivity index (χ1n) is 7.89. The molecule has 0 radical (unpaired) electrons. The van der Waals surface area contributed by atoms with Gasteiger partial charge in [0.1, 0.15) is 5.75 Å². The van der Waals surface area contributed by atoms with Gasteiger partial charge in [-0.15, -0.1) is 0 Å². The van der Waals surface area contributed by atoms with Gasteiger partial charge in [-0.2, -0.15) is 0 Å². The molecule has 5 nitrogen and oxygen atoms in total. The molecule has 0 saturated carbocycles. The van der Waals surface area contributed by atoms with Crippen LogP contribution in [0.25, 0.3) is 0 Å². The molecule has 0 atom stereocenters. The summed E-state index contributed by atoms with van der Waals surface area (Å²) >= 11 is 0. The van der Waals surface area contributed by atoms with Gasteiger partial charge in [0, 0.05) is 6.54 Å². The van der Waals surface area contributed by atoms with Crippen molar-refractivity contribution in [2.24, 2.45) is 0 Å². The van der Waals surface area contributed by atoms with E-state index in [1.165, 1.54) is 19.3 Å². The van der Waals surface area contributed by atoms with E-state index in [9.17, 15) is 8.42 Å². The van der Waals surface area contributed by atoms with E-state index in [0.717, 1.165) is 31.6 Å². The summed E-state index contributed by atoms with van der Waals surface area (Å²) < 4.78 is 32.4. The van der Waals surface area contributed by atoms with Crippen molar-refractivity contribution in [2.75, 3.05) is 33.3 Å². The van der Waals surface area contributed by atoms with E-state index in [4.69, 9.17) is 4.74 Å². The van der Waals surface area contributed by atoms with Crippen LogP contribution in [0.4, 0.5) is 0 Å². The average Bonchev–Trinajstić information content (AvgIpc) is 2.52. The van der Waals surface area contributed by atoms with Crippen molar-refractivity contribution in [1.29, 1.82) is 0 Å². The molecule has 0 amide bonds. The Morgan fingerprint density at radius 1 is 1.23 bits per heavy atom. The van der Waals surface area contributed by atoms with Crippen molar-refractivity contribution in [3.05, 3.63) is 23.8 Å². The number of benzene rings is 1. The van der Waals surface area contributed by atoms with Gasteiger partial charge in [-0.25, -0.2) is 13.1 Å². The minimum Gasteiger partial charge on any atom is -0.496 e. The average molecular weight is 326 g/mol. The molecule has 1 saturated heterocycles. The van der Waals surface area contributed by atoms with Gasteiger partial charge in [-0.3, -0.25) is 0 Å². The summed E-state index contributed by atoms with van der Waals surface area (Å²) in [5, 5.41) is 0. The molecule has 0 bridgehead atoms. The van der Waals surface area contributed by atoms with Gasteiger partial charge in [-0.1, -0.05) is 6.42 Å². The lowest BCUT2D eigenvalue weighted by Crippen LogP contribution is -2.33. The van der Waals surface area contributed by atoms with Crippen molar-refractivity contribution in [3.63, 3.8) is 0 Å². The van der Waals surface area contributed by atoms with Gasteiger partial charge in [-0.05, 0) is 69.6 Å². The Morgan fingerprint density at radius 2 is 1.95 bits per heavy atom. The lowest BCUT2D eigenvalue weighted by Gasteiger charge is -2.26. The Hall–Kier alpha value is -1.11. The summed E-state index contributed by atoms with van der Waals surface area (Å²) in [4.78, 5) is 2.71. The number of hydrogen-bond donors (Lipinski definition) is 1. The number of rotatable bonds is 7. The van der Waals surface area contributed by atoms with E-state index in [0.29, 0.717) is 17.2 Å². The number of nitrogens with zero attached hydrogens (tertiary/aromatic N) is 1. The first kappa shape index (κ1) is 17.2. The van der Waals surface area contributed by atoms with Gasteiger partial charge < -0.3 is 9.64 Å². The van der Waals surface area contributed by atoms with Crippen molar-refractivity contribution in [1.82, 2.24) is 9.62 Å². The van der Waals surface area contributed by atoms with Crippen LogP contribution >= 0.6 is 0 Å². The molecule has 1 aromatic carbocycles. The van der Waals surface area contributed by atoms with Crippen LogP contribution in [0, 0.1) is 6.92 Å². The lowest BCUT2D eigenvalue weighted by atomic mass is 10.1. The van der Waals surface area contributed by atoms with Crippen LogP contribution in [-0.4, -0.2) is 46.6 Å². The second-order valence-corrected chi connectivity index (χ2v) is 7.55. The number of sulfonamides is 1. The molecule has 1 fully saturated rings. The van der Waals surface area contributed by atoms with Gasteiger partial charge in [0.2, 0.25) is 10.0 Å². The van der Waals surface area contributed by atoms with Crippen LogP contribution in [0.3, 0.4) is 0 Å². The SMILES string of the molecule is COc1ccc(S(=O)(=O)NCCCN2CCCCC2)cc1C. The zero-order valence-electron chi connectivity index (χ0n) is 13.5. The van der Waals surface area contributed by atoms with Gasteiger partial charge >= 0.3 is 0 Å². The van der Waals surface area contributed by atoms with Crippen LogP contribution in [0.1, 0.15) is 31.2 Å². The molecule has 1 aliphatic rings. The normalized spacial score (nSPS) is 16.6. The molecular weight excluding hydrogens is 300 g/mol. The molecule has 1 heterocycles. The molecule has 0 unspecified atom stereocenters. The van der Waals surface area contributed by atoms with E-state index in [1.807, 2.05) is 6.92 Å². The van der Waals surface area contributed by atoms with E-state index in [-0.39, 0.29) is 0 Å². The molecule has 0 aromatic heterocycles. The number of hydrogen-bond acceptors (Lipinski definition) is 4. The van der Waals surface area contributed by atoms with Crippen molar-refractivity contribution in [2.45, 2.75) is 37.5 Å². The number of methoxy groups -OCH3 is 1. The highest BCUT2D eigenvalue weighted by atomic mass is 32.2. The molecule has 0 aliphatic carbocycles. The number of ether oxygens (including phenoxy) is 1. The lowest BCUT2D eigenvalue weighted by molar-refractivity contribution is 0.227. The number of nitrogens with one attached hydrogen (secondary N) is 1. The maximum Gasteiger partial charge on any atom is 0.240 e. The number of aryl methyl sites for hydroxylation is 1. The summed E-state index contributed by atoms with van der Waals surface area (Å²) in [6.45, 7) is 5.57. The van der Waals surface area contributed by atoms with Crippen LogP contribution < -0.4 is 9.46 Å². The quantitative estimate of drug-likeness (QED) is 0.780. The third-order valence-corrected chi connectivity index (χ3v) is 5.53. The maximum atomic E-state index is 12.3. The topological polar surface area (TPSA) is 58.6 Å². The first-order valence-corrected chi connectivity index (χ1v) is 9.38. The Bertz CT molecular complexity index is 581. The van der Waals surface area contributed by atoms with Crippen molar-refractivity contribution >= 4 is 10.0 Å². The largest absolute Gasteiger partial charge is 0.496 e. The Labute approximate surface area is 133 Å². The second-order valence-electron chi connectivity index (χ2n) is 5.79. The zero-order valence-corrected chi connectivity index (χ0v) is 14.3. The minimum absolute atomic E-state index is 0.295. The molecule has 2 rings (SSSR count). The van der Waals surface area contributed by atoms with Crippen molar-refractivity contribution in [3.8, 4) is 5.75 Å². The van der Waals surface area contributed by atoms with E-state index >= 15 is 0 Å². The summed E-state index contributed by atoms with van der Waals surface area (Å²) in [6.07, 6.45) is 4.68. The highest BCUT2D eigenvalue weighted by molar-refractivity contribution is 7.89. The van der Waals surface area contributed by atoms with Gasteiger partial charge in [0.05, 0.1) is 12.0 Å². The van der Waals surface area contributed by atoms with Crippen LogP contribution in [-0.2, 0) is 10.0 Å². The molecule has 1 N–H and O–H groups in total. The summed E-state index contributed by atoms with van der Waals surface area (Å²) in [5.41, 5.74) is 0.818. The van der Waals surface area contributed by atoms with Crippen molar-refractivity contribution < 1.29 is 13.2 Å². The molecule has 1 aromatic rings. The minimum atomic E-state index is -3.43. The zero-order chi connectivity index (χ0) is 16.0. The fraction of sp³-hybridized carbons (Fsp3) is 0.625. The smallest absolute Gasteiger partial charge is 0.240 e. The van der Waals surface area contributed by atoms with Crippen LogP contribution in [0.15, 0.2) is 23.1 Å². The number of likely N-dealkylation sites (tertiary alicyclic amines) is 1.